The number of nitrogens with zero attached hydrogens (tertiary/aromatic N) is 4. The molecule has 0 saturated carbocycles. The van der Waals surface area contributed by atoms with Crippen molar-refractivity contribution in [3.63, 3.8) is 0 Å². The molecular weight excluding hydrogens is 206 g/mol. The van der Waals surface area contributed by atoms with Gasteiger partial charge in [-0.25, -0.2) is 19.5 Å². The molecule has 2 N–H and O–H groups in total. The molecule has 14 heavy (non-hydrogen) atoms. The molecule has 1 amide bonds. The van der Waals surface area contributed by atoms with Crippen LogP contribution in [0.1, 0.15) is 16.4 Å². The smallest absolute Gasteiger partial charge is 0.288 e. The highest BCUT2D eigenvalue weighted by molar-refractivity contribution is 7.77. The molecule has 0 fully saturated rings. The number of rotatable bonds is 1. The molecule has 1 aromatic rings. The van der Waals surface area contributed by atoms with Crippen molar-refractivity contribution >= 4 is 18.7 Å². The van der Waals surface area contributed by atoms with Gasteiger partial charge in [0.05, 0.1) is 13.1 Å². The van der Waals surface area contributed by atoms with Crippen LogP contribution in [-0.2, 0) is 13.1 Å². The van der Waals surface area contributed by atoms with Gasteiger partial charge in [0.2, 0.25) is 5.82 Å². The van der Waals surface area contributed by atoms with Crippen molar-refractivity contribution in [2.75, 3.05) is 6.54 Å². The lowest BCUT2D eigenvalue weighted by atomic mass is 10.4. The minimum atomic E-state index is -0.697. The van der Waals surface area contributed by atoms with Crippen LogP contribution in [0.15, 0.2) is 0 Å². The van der Waals surface area contributed by atoms with E-state index in [4.69, 9.17) is 5.21 Å². The Balaban J connectivity index is 2.27. The van der Waals surface area contributed by atoms with Crippen LogP contribution in [-0.4, -0.2) is 36.7 Å². The van der Waals surface area contributed by atoms with Gasteiger partial charge in [0, 0.05) is 6.54 Å². The van der Waals surface area contributed by atoms with Crippen LogP contribution in [0.4, 0.5) is 0 Å². The number of fused-ring (bicyclic) bond motifs is 1. The fraction of sp³-hybridized carbons (Fsp3) is 0.500. The van der Waals surface area contributed by atoms with Crippen LogP contribution >= 0.6 is 12.8 Å². The third-order valence-corrected chi connectivity index (χ3v) is 2.29. The van der Waals surface area contributed by atoms with Crippen molar-refractivity contribution in [3.8, 4) is 0 Å². The summed E-state index contributed by atoms with van der Waals surface area (Å²) >= 11 is 4.17. The molecule has 0 spiro atoms. The molecule has 0 aliphatic carbocycles. The van der Waals surface area contributed by atoms with Gasteiger partial charge in [-0.05, 0) is 0 Å². The van der Waals surface area contributed by atoms with Crippen LogP contribution in [0.2, 0.25) is 0 Å². The minimum absolute atomic E-state index is 0.0221. The van der Waals surface area contributed by atoms with E-state index in [2.05, 4.69) is 22.9 Å². The summed E-state index contributed by atoms with van der Waals surface area (Å²) in [7, 11) is 0. The first-order valence-corrected chi connectivity index (χ1v) is 4.42. The monoisotopic (exact) mass is 215 g/mol. The maximum absolute atomic E-state index is 11.0. The van der Waals surface area contributed by atoms with E-state index in [1.54, 1.807) is 8.99 Å². The zero-order chi connectivity index (χ0) is 10.1. The largest absolute Gasteiger partial charge is 0.314 e. The standard InChI is InChI=1S/C6H9N5O2S/c12-6(9-13)5-7-4-3-10(14)1-2-11(4)8-5/h13-14H,1-3H2,(H,9,12). The van der Waals surface area contributed by atoms with Crippen LogP contribution in [0, 0.1) is 0 Å². The Labute approximate surface area is 85.2 Å². The van der Waals surface area contributed by atoms with E-state index in [-0.39, 0.29) is 5.82 Å². The van der Waals surface area contributed by atoms with Gasteiger partial charge in [0.15, 0.2) is 0 Å². The number of carbonyl (C=O) groups excluding carboxylic acids is 1. The average molecular weight is 215 g/mol. The number of carbonyl (C=O) groups is 1. The Kier molecular flexibility index (Phi) is 2.40. The molecule has 2 rings (SSSR count). The summed E-state index contributed by atoms with van der Waals surface area (Å²) in [6.45, 7) is 1.93. The summed E-state index contributed by atoms with van der Waals surface area (Å²) < 4.78 is 3.42. The number of hydrogen-bond donors (Lipinski definition) is 3. The molecule has 76 valence electrons. The molecule has 0 saturated heterocycles. The second-order valence-electron chi connectivity index (χ2n) is 2.90. The van der Waals surface area contributed by atoms with Gasteiger partial charge in [-0.3, -0.25) is 10.0 Å². The quantitative estimate of drug-likeness (QED) is 0.320. The number of thiol groups is 1. The fourth-order valence-corrected chi connectivity index (χ4v) is 1.48. The summed E-state index contributed by atoms with van der Waals surface area (Å²) in [6.07, 6.45) is 0. The second kappa shape index (κ2) is 3.56. The maximum atomic E-state index is 11.0. The zero-order valence-electron chi connectivity index (χ0n) is 7.21. The van der Waals surface area contributed by atoms with E-state index in [1.165, 1.54) is 5.48 Å². The first-order valence-electron chi connectivity index (χ1n) is 4.02. The Hall–Kier alpha value is -1.12. The number of aromatic nitrogens is 3. The highest BCUT2D eigenvalue weighted by atomic mass is 32.1. The molecule has 1 aliphatic rings. The van der Waals surface area contributed by atoms with E-state index in [0.29, 0.717) is 18.9 Å². The van der Waals surface area contributed by atoms with E-state index in [0.717, 1.165) is 6.54 Å². The van der Waals surface area contributed by atoms with Gasteiger partial charge < -0.3 is 0 Å². The van der Waals surface area contributed by atoms with E-state index in [1.807, 2.05) is 0 Å². The molecule has 8 heteroatoms. The zero-order valence-corrected chi connectivity index (χ0v) is 8.11. The molecule has 2 heterocycles. The van der Waals surface area contributed by atoms with Crippen LogP contribution in [0.25, 0.3) is 0 Å². The molecular formula is C6H9N5O2S. The van der Waals surface area contributed by atoms with Gasteiger partial charge in [0.25, 0.3) is 0 Å². The summed E-state index contributed by atoms with van der Waals surface area (Å²) in [5.41, 5.74) is 1.49. The van der Waals surface area contributed by atoms with Crippen molar-refractivity contribution in [1.29, 1.82) is 0 Å². The van der Waals surface area contributed by atoms with E-state index >= 15 is 0 Å². The Morgan fingerprint density at radius 3 is 3.07 bits per heavy atom. The number of nitrogens with one attached hydrogen (secondary N) is 1. The lowest BCUT2D eigenvalue weighted by molar-refractivity contribution is 0.0694. The van der Waals surface area contributed by atoms with Crippen LogP contribution < -0.4 is 5.48 Å². The Morgan fingerprint density at radius 2 is 2.36 bits per heavy atom. The van der Waals surface area contributed by atoms with Gasteiger partial charge in [0.1, 0.15) is 5.82 Å². The summed E-state index contributed by atoms with van der Waals surface area (Å²) in [6, 6.07) is 0. The molecule has 0 unspecified atom stereocenters. The maximum Gasteiger partial charge on any atom is 0.314 e. The molecule has 1 aromatic heterocycles. The van der Waals surface area contributed by atoms with Gasteiger partial charge in [-0.2, -0.15) is 0 Å². The van der Waals surface area contributed by atoms with Crippen molar-refractivity contribution in [1.82, 2.24) is 24.5 Å². The highest BCUT2D eigenvalue weighted by Crippen LogP contribution is 2.11. The Bertz CT molecular complexity index is 365. The highest BCUT2D eigenvalue weighted by Gasteiger charge is 2.20. The Morgan fingerprint density at radius 1 is 1.57 bits per heavy atom. The molecule has 1 aliphatic heterocycles. The predicted molar refractivity (Wildman–Crippen MR) is 48.7 cm³/mol. The normalized spacial score (nSPS) is 16.4. The van der Waals surface area contributed by atoms with Gasteiger partial charge in [-0.1, -0.05) is 12.8 Å². The van der Waals surface area contributed by atoms with Gasteiger partial charge in [-0.15, -0.1) is 5.10 Å². The molecule has 0 radical (unpaired) electrons. The fourth-order valence-electron chi connectivity index (χ4n) is 1.27. The molecule has 0 aromatic carbocycles. The lowest BCUT2D eigenvalue weighted by Crippen LogP contribution is -2.27. The van der Waals surface area contributed by atoms with E-state index in [9.17, 15) is 4.79 Å². The van der Waals surface area contributed by atoms with Crippen molar-refractivity contribution in [2.45, 2.75) is 13.1 Å². The first-order chi connectivity index (χ1) is 6.70. The summed E-state index contributed by atoms with van der Waals surface area (Å²) in [4.78, 5) is 14.9. The topological polar surface area (TPSA) is 83.3 Å². The van der Waals surface area contributed by atoms with Gasteiger partial charge >= 0.3 is 5.91 Å². The predicted octanol–water partition coefficient (Wildman–Crippen LogP) is -0.943. The summed E-state index contributed by atoms with van der Waals surface area (Å²) in [5, 5.41) is 12.3. The number of amides is 1. The molecule has 7 nitrogen and oxygen atoms in total. The third kappa shape index (κ3) is 1.59. The van der Waals surface area contributed by atoms with E-state index < -0.39 is 5.91 Å². The van der Waals surface area contributed by atoms with Crippen LogP contribution in [0.3, 0.4) is 0 Å². The van der Waals surface area contributed by atoms with Crippen molar-refractivity contribution in [2.24, 2.45) is 0 Å². The SMILES string of the molecule is O=C(NO)c1nc2n(n1)CCN(S)C2. The first kappa shape index (κ1) is 9.44. The van der Waals surface area contributed by atoms with Crippen molar-refractivity contribution in [3.05, 3.63) is 11.6 Å². The lowest BCUT2D eigenvalue weighted by Gasteiger charge is -2.20. The molecule has 0 atom stereocenters. The summed E-state index contributed by atoms with van der Waals surface area (Å²) in [5.74, 6) is -0.0476. The third-order valence-electron chi connectivity index (χ3n) is 1.95. The minimum Gasteiger partial charge on any atom is -0.288 e. The van der Waals surface area contributed by atoms with Crippen LogP contribution in [0.5, 0.6) is 0 Å². The molecule has 0 bridgehead atoms. The van der Waals surface area contributed by atoms with Crippen molar-refractivity contribution < 1.29 is 10.0 Å². The second-order valence-corrected chi connectivity index (χ2v) is 3.47. The average Bonchev–Trinajstić information content (AvgIpc) is 2.59. The number of hydroxylamine groups is 1. The number of hydrogen-bond acceptors (Lipinski definition) is 6.